The Bertz CT molecular complexity index is 556. The van der Waals surface area contributed by atoms with Crippen LogP contribution in [0.1, 0.15) is 0 Å². The van der Waals surface area contributed by atoms with E-state index in [4.69, 9.17) is 32.7 Å². The molecule has 0 amide bonds. The van der Waals surface area contributed by atoms with Crippen molar-refractivity contribution in [1.82, 2.24) is 9.97 Å². The van der Waals surface area contributed by atoms with Crippen molar-refractivity contribution in [2.24, 2.45) is 0 Å². The summed E-state index contributed by atoms with van der Waals surface area (Å²) in [5, 5.41) is 0.587. The van der Waals surface area contributed by atoms with Gasteiger partial charge in [0.2, 0.25) is 0 Å². The number of hydrogen-bond donors (Lipinski definition) is 0. The summed E-state index contributed by atoms with van der Waals surface area (Å²) in [5.41, 5.74) is 1.34. The number of aromatic nitrogens is 2. The fraction of sp³-hybridized carbons (Fsp3) is 0.167. The van der Waals surface area contributed by atoms with E-state index < -0.39 is 0 Å². The molecule has 2 rings (SSSR count). The van der Waals surface area contributed by atoms with Crippen molar-refractivity contribution in [3.05, 3.63) is 34.8 Å². The predicted octanol–water partition coefficient (Wildman–Crippen LogP) is 3.47. The Balaban J connectivity index is 2.58. The maximum Gasteiger partial charge on any atom is 0.161 e. The lowest BCUT2D eigenvalue weighted by Gasteiger charge is -2.10. The largest absolute Gasteiger partial charge is 0.493 e. The monoisotopic (exact) mass is 284 g/mol. The maximum absolute atomic E-state index is 6.03. The first kappa shape index (κ1) is 12.9. The highest BCUT2D eigenvalue weighted by Gasteiger charge is 2.13. The zero-order valence-electron chi connectivity index (χ0n) is 9.78. The third kappa shape index (κ3) is 2.35. The zero-order chi connectivity index (χ0) is 13.1. The number of rotatable bonds is 3. The van der Waals surface area contributed by atoms with Gasteiger partial charge < -0.3 is 9.47 Å². The molecule has 0 saturated heterocycles. The van der Waals surface area contributed by atoms with Crippen molar-refractivity contribution >= 4 is 23.2 Å². The Morgan fingerprint density at radius 2 is 1.56 bits per heavy atom. The molecule has 0 fully saturated rings. The second-order valence-electron chi connectivity index (χ2n) is 3.40. The first-order valence-corrected chi connectivity index (χ1v) is 5.81. The van der Waals surface area contributed by atoms with Crippen molar-refractivity contribution < 1.29 is 9.47 Å². The van der Waals surface area contributed by atoms with Gasteiger partial charge in [-0.05, 0) is 17.7 Å². The highest BCUT2D eigenvalue weighted by atomic mass is 35.5. The van der Waals surface area contributed by atoms with Crippen LogP contribution in [-0.4, -0.2) is 24.2 Å². The molecule has 1 aromatic heterocycles. The summed E-state index contributed by atoms with van der Waals surface area (Å²) in [4.78, 5) is 7.82. The first-order chi connectivity index (χ1) is 8.67. The van der Waals surface area contributed by atoms with Gasteiger partial charge in [0.1, 0.15) is 16.6 Å². The summed E-state index contributed by atoms with van der Waals surface area (Å²) in [6.07, 6.45) is 1.31. The molecule has 0 radical (unpaired) electrons. The van der Waals surface area contributed by atoms with Gasteiger partial charge >= 0.3 is 0 Å². The lowest BCUT2D eigenvalue weighted by molar-refractivity contribution is 0.355. The van der Waals surface area contributed by atoms with E-state index in [2.05, 4.69) is 9.97 Å². The summed E-state index contributed by atoms with van der Waals surface area (Å²) < 4.78 is 10.4. The fourth-order valence-electron chi connectivity index (χ4n) is 1.57. The Hall–Kier alpha value is -1.52. The molecule has 0 bridgehead atoms. The number of hydrogen-bond acceptors (Lipinski definition) is 4. The van der Waals surface area contributed by atoms with Crippen LogP contribution < -0.4 is 9.47 Å². The van der Waals surface area contributed by atoms with Crippen molar-refractivity contribution in [3.63, 3.8) is 0 Å². The van der Waals surface area contributed by atoms with Crippen LogP contribution in [0.25, 0.3) is 11.1 Å². The average Bonchev–Trinajstić information content (AvgIpc) is 2.38. The Morgan fingerprint density at radius 3 is 2.11 bits per heavy atom. The van der Waals surface area contributed by atoms with E-state index >= 15 is 0 Å². The molecule has 6 heteroatoms. The van der Waals surface area contributed by atoms with Crippen LogP contribution in [0.4, 0.5) is 0 Å². The molecule has 0 aliphatic carbocycles. The number of nitrogens with zero attached hydrogens (tertiary/aromatic N) is 2. The fourth-order valence-corrected chi connectivity index (χ4v) is 2.11. The molecule has 0 atom stereocenters. The van der Waals surface area contributed by atoms with Gasteiger partial charge in [0.05, 0.1) is 19.8 Å². The number of benzene rings is 1. The number of halogens is 2. The molecule has 1 heterocycles. The van der Waals surface area contributed by atoms with Gasteiger partial charge in [-0.15, -0.1) is 0 Å². The van der Waals surface area contributed by atoms with Crippen LogP contribution in [-0.2, 0) is 0 Å². The molecule has 18 heavy (non-hydrogen) atoms. The molecule has 0 aliphatic heterocycles. The zero-order valence-corrected chi connectivity index (χ0v) is 11.3. The average molecular weight is 285 g/mol. The maximum atomic E-state index is 6.03. The van der Waals surface area contributed by atoms with E-state index in [1.165, 1.54) is 6.33 Å². The summed E-state index contributed by atoms with van der Waals surface area (Å²) >= 11 is 12.1. The van der Waals surface area contributed by atoms with Crippen LogP contribution >= 0.6 is 23.2 Å². The molecule has 94 valence electrons. The Kier molecular flexibility index (Phi) is 3.89. The molecule has 0 unspecified atom stereocenters. The highest BCUT2D eigenvalue weighted by molar-refractivity contribution is 6.37. The lowest BCUT2D eigenvalue weighted by Crippen LogP contribution is -1.93. The van der Waals surface area contributed by atoms with Crippen molar-refractivity contribution in [3.8, 4) is 22.6 Å². The molecular weight excluding hydrogens is 275 g/mol. The molecule has 4 nitrogen and oxygen atoms in total. The van der Waals surface area contributed by atoms with Crippen molar-refractivity contribution in [2.75, 3.05) is 14.2 Å². The molecule has 0 saturated carbocycles. The smallest absolute Gasteiger partial charge is 0.161 e. The normalized spacial score (nSPS) is 10.2. The Morgan fingerprint density at radius 1 is 0.944 bits per heavy atom. The van der Waals surface area contributed by atoms with Crippen LogP contribution in [0.2, 0.25) is 10.3 Å². The SMILES string of the molecule is COc1ccc(-c2c(Cl)ncnc2Cl)cc1OC. The molecular formula is C12H10Cl2N2O2. The van der Waals surface area contributed by atoms with Gasteiger partial charge in [0, 0.05) is 0 Å². The van der Waals surface area contributed by atoms with E-state index in [1.807, 2.05) is 6.07 Å². The standard InChI is InChI=1S/C12H10Cl2N2O2/c1-17-8-4-3-7(5-9(8)18-2)10-11(13)15-6-16-12(10)14/h3-6H,1-2H3. The number of methoxy groups -OCH3 is 2. The van der Waals surface area contributed by atoms with Gasteiger partial charge in [-0.25, -0.2) is 9.97 Å². The Labute approximate surface area is 114 Å². The van der Waals surface area contributed by atoms with E-state index in [9.17, 15) is 0 Å². The van der Waals surface area contributed by atoms with E-state index in [-0.39, 0.29) is 0 Å². The second kappa shape index (κ2) is 5.42. The second-order valence-corrected chi connectivity index (χ2v) is 4.12. The van der Waals surface area contributed by atoms with Crippen molar-refractivity contribution in [2.45, 2.75) is 0 Å². The van der Waals surface area contributed by atoms with Crippen LogP contribution in [0.5, 0.6) is 11.5 Å². The quantitative estimate of drug-likeness (QED) is 0.810. The summed E-state index contributed by atoms with van der Waals surface area (Å²) in [7, 11) is 3.13. The molecule has 0 N–H and O–H groups in total. The van der Waals surface area contributed by atoms with E-state index in [0.29, 0.717) is 27.4 Å². The van der Waals surface area contributed by atoms with Crippen LogP contribution in [0, 0.1) is 0 Å². The number of ether oxygens (including phenoxy) is 2. The minimum Gasteiger partial charge on any atom is -0.493 e. The summed E-state index contributed by atoms with van der Waals surface area (Å²) in [6.45, 7) is 0. The van der Waals surface area contributed by atoms with E-state index in [1.54, 1.807) is 26.4 Å². The predicted molar refractivity (Wildman–Crippen MR) is 70.6 cm³/mol. The van der Waals surface area contributed by atoms with E-state index in [0.717, 1.165) is 5.56 Å². The first-order valence-electron chi connectivity index (χ1n) is 5.05. The third-order valence-corrected chi connectivity index (χ3v) is 3.00. The molecule has 0 aliphatic rings. The van der Waals surface area contributed by atoms with Gasteiger partial charge in [0.15, 0.2) is 11.5 Å². The van der Waals surface area contributed by atoms with Gasteiger partial charge in [0.25, 0.3) is 0 Å². The van der Waals surface area contributed by atoms with Crippen molar-refractivity contribution in [1.29, 1.82) is 0 Å². The third-order valence-electron chi connectivity index (χ3n) is 2.43. The van der Waals surface area contributed by atoms with Crippen LogP contribution in [0.3, 0.4) is 0 Å². The minimum absolute atomic E-state index is 0.294. The van der Waals surface area contributed by atoms with Gasteiger partial charge in [-0.1, -0.05) is 29.3 Å². The topological polar surface area (TPSA) is 44.2 Å². The van der Waals surface area contributed by atoms with Gasteiger partial charge in [-0.2, -0.15) is 0 Å². The summed E-state index contributed by atoms with van der Waals surface area (Å²) in [5.74, 6) is 1.22. The minimum atomic E-state index is 0.294. The van der Waals surface area contributed by atoms with Gasteiger partial charge in [-0.3, -0.25) is 0 Å². The molecule has 1 aromatic carbocycles. The summed E-state index contributed by atoms with van der Waals surface area (Å²) in [6, 6.07) is 5.36. The lowest BCUT2D eigenvalue weighted by atomic mass is 10.1. The molecule has 0 spiro atoms. The van der Waals surface area contributed by atoms with Crippen LogP contribution in [0.15, 0.2) is 24.5 Å². The highest BCUT2D eigenvalue weighted by Crippen LogP contribution is 2.37. The molecule has 2 aromatic rings.